The number of ether oxygens (including phenoxy) is 1. The van der Waals surface area contributed by atoms with Gasteiger partial charge in [0.15, 0.2) is 5.13 Å². The van der Waals surface area contributed by atoms with E-state index >= 15 is 0 Å². The number of methoxy groups -OCH3 is 1. The van der Waals surface area contributed by atoms with Crippen LogP contribution in [0, 0.1) is 6.92 Å². The number of hydrogen-bond donors (Lipinski definition) is 2. The van der Waals surface area contributed by atoms with Gasteiger partial charge in [0.25, 0.3) is 5.91 Å². The Hall–Kier alpha value is -2.57. The summed E-state index contributed by atoms with van der Waals surface area (Å²) in [6, 6.07) is 13.0. The quantitative estimate of drug-likeness (QED) is 0.652. The van der Waals surface area contributed by atoms with Crippen LogP contribution >= 0.6 is 22.9 Å². The molecule has 0 spiro atoms. The number of carbonyl (C=O) groups is 1. The minimum Gasteiger partial charge on any atom is -0.495 e. The zero-order chi connectivity index (χ0) is 17.8. The molecule has 0 radical (unpaired) electrons. The van der Waals surface area contributed by atoms with Crippen LogP contribution in [0.15, 0.2) is 48.7 Å². The van der Waals surface area contributed by atoms with Gasteiger partial charge in [0.2, 0.25) is 0 Å². The lowest BCUT2D eigenvalue weighted by atomic mass is 10.2. The summed E-state index contributed by atoms with van der Waals surface area (Å²) in [6.45, 7) is 1.89. The van der Waals surface area contributed by atoms with Crippen molar-refractivity contribution in [2.45, 2.75) is 6.92 Å². The molecule has 0 atom stereocenters. The number of aryl methyl sites for hydroxylation is 1. The highest BCUT2D eigenvalue weighted by Crippen LogP contribution is 2.30. The number of rotatable bonds is 5. The Kier molecular flexibility index (Phi) is 5.21. The van der Waals surface area contributed by atoms with Gasteiger partial charge >= 0.3 is 0 Å². The minimum atomic E-state index is -0.248. The number of para-hydroxylation sites is 3. The largest absolute Gasteiger partial charge is 0.495 e. The number of thiazole rings is 1. The van der Waals surface area contributed by atoms with Crippen LogP contribution in [-0.2, 0) is 0 Å². The summed E-state index contributed by atoms with van der Waals surface area (Å²) in [4.78, 5) is 17.2. The summed E-state index contributed by atoms with van der Waals surface area (Å²) in [6.07, 6.45) is 1.53. The molecule has 2 aromatic carbocycles. The molecule has 3 rings (SSSR count). The van der Waals surface area contributed by atoms with Crippen LogP contribution in [0.1, 0.15) is 15.2 Å². The van der Waals surface area contributed by atoms with Gasteiger partial charge in [-0.15, -0.1) is 0 Å². The molecule has 25 heavy (non-hydrogen) atoms. The lowest BCUT2D eigenvalue weighted by Crippen LogP contribution is -2.11. The maximum absolute atomic E-state index is 12.5. The van der Waals surface area contributed by atoms with E-state index in [1.807, 2.05) is 43.3 Å². The van der Waals surface area contributed by atoms with Crippen LogP contribution < -0.4 is 15.4 Å². The summed E-state index contributed by atoms with van der Waals surface area (Å²) in [5, 5.41) is 7.11. The number of halogens is 1. The monoisotopic (exact) mass is 373 g/mol. The van der Waals surface area contributed by atoms with Crippen molar-refractivity contribution in [3.05, 3.63) is 64.1 Å². The van der Waals surface area contributed by atoms with Crippen LogP contribution in [0.25, 0.3) is 0 Å². The lowest BCUT2D eigenvalue weighted by molar-refractivity contribution is 0.103. The summed E-state index contributed by atoms with van der Waals surface area (Å²) >= 11 is 7.41. The van der Waals surface area contributed by atoms with E-state index in [2.05, 4.69) is 15.6 Å². The van der Waals surface area contributed by atoms with Crippen LogP contribution in [0.4, 0.5) is 16.5 Å². The van der Waals surface area contributed by atoms with E-state index in [-0.39, 0.29) is 5.91 Å². The first-order valence-corrected chi connectivity index (χ1v) is 8.70. The number of nitrogens with zero attached hydrogens (tertiary/aromatic N) is 1. The van der Waals surface area contributed by atoms with E-state index in [9.17, 15) is 4.79 Å². The molecule has 3 aromatic rings. The number of benzene rings is 2. The van der Waals surface area contributed by atoms with Crippen molar-refractivity contribution in [3.63, 3.8) is 0 Å². The molecule has 0 unspecified atom stereocenters. The minimum absolute atomic E-state index is 0.248. The van der Waals surface area contributed by atoms with Gasteiger partial charge in [-0.05, 0) is 30.7 Å². The normalized spacial score (nSPS) is 10.4. The number of aromatic nitrogens is 1. The van der Waals surface area contributed by atoms with Crippen molar-refractivity contribution in [2.75, 3.05) is 17.7 Å². The number of carbonyl (C=O) groups excluding carboxylic acids is 1. The number of anilines is 3. The summed E-state index contributed by atoms with van der Waals surface area (Å²) in [5.74, 6) is 0.456. The first-order chi connectivity index (χ1) is 12.1. The first kappa shape index (κ1) is 17.3. The fraction of sp³-hybridized carbons (Fsp3) is 0.111. The highest BCUT2D eigenvalue weighted by atomic mass is 35.5. The summed E-state index contributed by atoms with van der Waals surface area (Å²) in [7, 11) is 1.60. The van der Waals surface area contributed by atoms with Crippen molar-refractivity contribution in [3.8, 4) is 5.75 Å². The topological polar surface area (TPSA) is 63.2 Å². The van der Waals surface area contributed by atoms with E-state index in [4.69, 9.17) is 16.3 Å². The second-order valence-corrected chi connectivity index (χ2v) is 6.68. The number of hydrogen-bond acceptors (Lipinski definition) is 5. The Balaban J connectivity index is 1.76. The van der Waals surface area contributed by atoms with Crippen LogP contribution in [0.2, 0.25) is 5.02 Å². The van der Waals surface area contributed by atoms with E-state index < -0.39 is 0 Å². The first-order valence-electron chi connectivity index (χ1n) is 7.51. The van der Waals surface area contributed by atoms with Gasteiger partial charge in [-0.1, -0.05) is 47.2 Å². The van der Waals surface area contributed by atoms with E-state index in [0.29, 0.717) is 26.5 Å². The van der Waals surface area contributed by atoms with Gasteiger partial charge in [-0.25, -0.2) is 4.98 Å². The Bertz CT molecular complexity index is 891. The number of amides is 1. The fourth-order valence-electron chi connectivity index (χ4n) is 2.27. The highest BCUT2D eigenvalue weighted by molar-refractivity contribution is 7.17. The van der Waals surface area contributed by atoms with Crippen molar-refractivity contribution in [1.29, 1.82) is 0 Å². The second kappa shape index (κ2) is 7.55. The van der Waals surface area contributed by atoms with Crippen molar-refractivity contribution in [2.24, 2.45) is 0 Å². The van der Waals surface area contributed by atoms with Gasteiger partial charge in [-0.3, -0.25) is 4.79 Å². The van der Waals surface area contributed by atoms with Crippen molar-refractivity contribution < 1.29 is 9.53 Å². The van der Waals surface area contributed by atoms with Crippen molar-refractivity contribution in [1.82, 2.24) is 4.98 Å². The Morgan fingerprint density at radius 3 is 2.76 bits per heavy atom. The molecule has 0 saturated carbocycles. The molecule has 0 saturated heterocycles. The van der Waals surface area contributed by atoms with E-state index in [1.165, 1.54) is 17.5 Å². The molecule has 0 fully saturated rings. The lowest BCUT2D eigenvalue weighted by Gasteiger charge is -2.09. The van der Waals surface area contributed by atoms with Gasteiger partial charge in [0, 0.05) is 0 Å². The molecule has 0 aliphatic rings. The third kappa shape index (κ3) is 3.92. The van der Waals surface area contributed by atoms with Crippen molar-refractivity contribution >= 4 is 45.4 Å². The molecular weight excluding hydrogens is 358 g/mol. The molecule has 128 valence electrons. The molecule has 0 aliphatic carbocycles. The molecule has 7 heteroatoms. The molecular formula is C18H16ClN3O2S. The molecule has 1 aromatic heterocycles. The standard InChI is InChI=1S/C18H16ClN3O2S/c1-11-6-5-7-12(19)16(11)22-17(23)15-10-20-18(25-15)21-13-8-3-4-9-14(13)24-2/h3-10H,1-2H3,(H,20,21)(H,22,23). The van der Waals surface area contributed by atoms with Gasteiger partial charge in [0.05, 0.1) is 29.7 Å². The van der Waals surface area contributed by atoms with Gasteiger partial charge in [0.1, 0.15) is 10.6 Å². The fourth-order valence-corrected chi connectivity index (χ4v) is 3.26. The molecule has 1 amide bonds. The predicted octanol–water partition coefficient (Wildman–Crippen LogP) is 5.11. The van der Waals surface area contributed by atoms with Crippen LogP contribution in [0.5, 0.6) is 5.75 Å². The van der Waals surface area contributed by atoms with E-state index in [0.717, 1.165) is 11.3 Å². The zero-order valence-corrected chi connectivity index (χ0v) is 15.2. The SMILES string of the molecule is COc1ccccc1Nc1ncc(C(=O)Nc2c(C)cccc2Cl)s1. The Morgan fingerprint density at radius 2 is 2.00 bits per heavy atom. The second-order valence-electron chi connectivity index (χ2n) is 5.24. The molecule has 2 N–H and O–H groups in total. The Labute approximate surface area is 154 Å². The highest BCUT2D eigenvalue weighted by Gasteiger charge is 2.14. The Morgan fingerprint density at radius 1 is 1.20 bits per heavy atom. The smallest absolute Gasteiger partial charge is 0.267 e. The summed E-state index contributed by atoms with van der Waals surface area (Å²) < 4.78 is 5.30. The van der Waals surface area contributed by atoms with Gasteiger partial charge < -0.3 is 15.4 Å². The maximum atomic E-state index is 12.5. The molecule has 1 heterocycles. The third-order valence-electron chi connectivity index (χ3n) is 3.54. The number of nitrogens with one attached hydrogen (secondary N) is 2. The molecule has 0 bridgehead atoms. The van der Waals surface area contributed by atoms with Gasteiger partial charge in [-0.2, -0.15) is 0 Å². The average molecular weight is 374 g/mol. The van der Waals surface area contributed by atoms with E-state index in [1.54, 1.807) is 13.2 Å². The third-order valence-corrected chi connectivity index (χ3v) is 4.77. The average Bonchev–Trinajstić information content (AvgIpc) is 3.07. The molecule has 5 nitrogen and oxygen atoms in total. The summed E-state index contributed by atoms with van der Waals surface area (Å²) in [5.41, 5.74) is 2.30. The maximum Gasteiger partial charge on any atom is 0.267 e. The molecule has 0 aliphatic heterocycles. The predicted molar refractivity (Wildman–Crippen MR) is 103 cm³/mol. The van der Waals surface area contributed by atoms with Crippen LogP contribution in [-0.4, -0.2) is 18.0 Å². The van der Waals surface area contributed by atoms with Crippen LogP contribution in [0.3, 0.4) is 0 Å². The zero-order valence-electron chi connectivity index (χ0n) is 13.7.